The van der Waals surface area contributed by atoms with Gasteiger partial charge in [-0.1, -0.05) is 30.3 Å². The van der Waals surface area contributed by atoms with Gasteiger partial charge in [0.1, 0.15) is 5.82 Å². The molecule has 30 heavy (non-hydrogen) atoms. The van der Waals surface area contributed by atoms with Crippen molar-refractivity contribution in [2.24, 2.45) is 0 Å². The molecule has 1 aliphatic carbocycles. The molecule has 4 rings (SSSR count). The molecule has 6 nitrogen and oxygen atoms in total. The first kappa shape index (κ1) is 20.3. The number of benzene rings is 2. The standard InChI is InChI=1S/C23H28FN5O/c1-29(2)22-19-8-4-5-9-20(19)27-23(28-22)26-18-13-11-17(12-14-18)25-15-16-7-3-6-10-21(16)30-24/h3-10,17-18,25H,11-15H2,1-2H3,(H,26,27,28). The number of aromatic nitrogens is 2. The third kappa shape index (κ3) is 4.62. The van der Waals surface area contributed by atoms with Crippen LogP contribution in [-0.4, -0.2) is 36.1 Å². The Bertz CT molecular complexity index is 988. The van der Waals surface area contributed by atoms with E-state index in [0.717, 1.165) is 48.0 Å². The van der Waals surface area contributed by atoms with Gasteiger partial charge >= 0.3 is 0 Å². The van der Waals surface area contributed by atoms with Crippen molar-refractivity contribution in [3.05, 3.63) is 54.1 Å². The summed E-state index contributed by atoms with van der Waals surface area (Å²) in [5.74, 6) is 1.89. The molecule has 0 unspecified atom stereocenters. The second kappa shape index (κ2) is 9.26. The second-order valence-electron chi connectivity index (χ2n) is 8.04. The molecule has 0 bridgehead atoms. The highest BCUT2D eigenvalue weighted by Gasteiger charge is 2.22. The number of para-hydroxylation sites is 2. The number of hydrogen-bond acceptors (Lipinski definition) is 6. The van der Waals surface area contributed by atoms with E-state index in [0.29, 0.717) is 24.6 Å². The zero-order valence-electron chi connectivity index (χ0n) is 17.4. The minimum Gasteiger partial charge on any atom is -0.362 e. The number of hydrogen-bond donors (Lipinski definition) is 2. The Balaban J connectivity index is 1.35. The predicted molar refractivity (Wildman–Crippen MR) is 119 cm³/mol. The minimum absolute atomic E-state index is 0.283. The third-order valence-electron chi connectivity index (χ3n) is 5.70. The van der Waals surface area contributed by atoms with E-state index in [1.807, 2.05) is 49.3 Å². The average molecular weight is 410 g/mol. The van der Waals surface area contributed by atoms with Crippen LogP contribution in [0.15, 0.2) is 48.5 Å². The fourth-order valence-electron chi connectivity index (χ4n) is 4.07. The molecule has 158 valence electrons. The molecular formula is C23H28FN5O. The normalized spacial score (nSPS) is 18.9. The van der Waals surface area contributed by atoms with Crippen molar-refractivity contribution in [3.8, 4) is 5.75 Å². The van der Waals surface area contributed by atoms with Crippen molar-refractivity contribution in [1.82, 2.24) is 15.3 Å². The summed E-state index contributed by atoms with van der Waals surface area (Å²) in [4.78, 5) is 15.4. The molecule has 2 aromatic carbocycles. The van der Waals surface area contributed by atoms with Crippen molar-refractivity contribution < 1.29 is 9.47 Å². The van der Waals surface area contributed by atoms with E-state index in [9.17, 15) is 4.53 Å². The number of halogens is 1. The molecule has 1 heterocycles. The van der Waals surface area contributed by atoms with E-state index in [2.05, 4.69) is 21.6 Å². The zero-order chi connectivity index (χ0) is 20.9. The molecule has 0 saturated heterocycles. The van der Waals surface area contributed by atoms with Crippen LogP contribution >= 0.6 is 0 Å². The smallest absolute Gasteiger partial charge is 0.225 e. The molecule has 0 radical (unpaired) electrons. The molecule has 1 fully saturated rings. The lowest BCUT2D eigenvalue weighted by atomic mass is 9.91. The summed E-state index contributed by atoms with van der Waals surface area (Å²) in [6.45, 7) is 0.600. The van der Waals surface area contributed by atoms with Gasteiger partial charge in [0.25, 0.3) is 0 Å². The topological polar surface area (TPSA) is 62.3 Å². The van der Waals surface area contributed by atoms with Gasteiger partial charge in [-0.2, -0.15) is 4.98 Å². The van der Waals surface area contributed by atoms with Crippen LogP contribution in [0.25, 0.3) is 10.9 Å². The van der Waals surface area contributed by atoms with Gasteiger partial charge in [0.05, 0.1) is 5.52 Å². The number of fused-ring (bicyclic) bond motifs is 1. The third-order valence-corrected chi connectivity index (χ3v) is 5.70. The molecular weight excluding hydrogens is 381 g/mol. The summed E-state index contributed by atoms with van der Waals surface area (Å²) in [5, 5.41) is 8.12. The Morgan fingerprint density at radius 2 is 1.67 bits per heavy atom. The first-order chi connectivity index (χ1) is 14.6. The monoisotopic (exact) mass is 409 g/mol. The molecule has 0 atom stereocenters. The Labute approximate surface area is 176 Å². The quantitative estimate of drug-likeness (QED) is 0.600. The summed E-state index contributed by atoms with van der Waals surface area (Å²) in [6.07, 6.45) is 4.16. The van der Waals surface area contributed by atoms with Crippen molar-refractivity contribution in [2.45, 2.75) is 44.3 Å². The predicted octanol–water partition coefficient (Wildman–Crippen LogP) is 4.47. The lowest BCUT2D eigenvalue weighted by Crippen LogP contribution is -2.37. The van der Waals surface area contributed by atoms with Crippen molar-refractivity contribution >= 4 is 22.7 Å². The molecule has 2 N–H and O–H groups in total. The molecule has 7 heteroatoms. The Hall–Kier alpha value is -2.93. The lowest BCUT2D eigenvalue weighted by Gasteiger charge is -2.30. The van der Waals surface area contributed by atoms with Crippen LogP contribution in [0.1, 0.15) is 31.2 Å². The summed E-state index contributed by atoms with van der Waals surface area (Å²) in [7, 11) is 4.00. The molecule has 3 aromatic rings. The van der Waals surface area contributed by atoms with Crippen LogP contribution in [-0.2, 0) is 6.54 Å². The van der Waals surface area contributed by atoms with E-state index in [1.165, 1.54) is 0 Å². The highest BCUT2D eigenvalue weighted by atomic mass is 19.3. The Kier molecular flexibility index (Phi) is 6.28. The van der Waals surface area contributed by atoms with Crippen molar-refractivity contribution in [3.63, 3.8) is 0 Å². The maximum absolute atomic E-state index is 12.6. The zero-order valence-corrected chi connectivity index (χ0v) is 17.4. The maximum atomic E-state index is 12.6. The second-order valence-corrected chi connectivity index (χ2v) is 8.04. The van der Waals surface area contributed by atoms with Gasteiger partial charge in [0.2, 0.25) is 5.95 Å². The van der Waals surface area contributed by atoms with Gasteiger partial charge in [0, 0.05) is 48.2 Å². The molecule has 0 amide bonds. The molecule has 1 saturated carbocycles. The lowest BCUT2D eigenvalue weighted by molar-refractivity contribution is -0.00749. The number of anilines is 2. The largest absolute Gasteiger partial charge is 0.362 e. The van der Waals surface area contributed by atoms with E-state index in [4.69, 9.17) is 9.97 Å². The fraction of sp³-hybridized carbons (Fsp3) is 0.391. The van der Waals surface area contributed by atoms with Crippen molar-refractivity contribution in [1.29, 1.82) is 0 Å². The van der Waals surface area contributed by atoms with E-state index in [-0.39, 0.29) is 5.75 Å². The van der Waals surface area contributed by atoms with Gasteiger partial charge < -0.3 is 15.5 Å². The van der Waals surface area contributed by atoms with Crippen LogP contribution in [0.5, 0.6) is 5.75 Å². The van der Waals surface area contributed by atoms with E-state index < -0.39 is 0 Å². The average Bonchev–Trinajstić information content (AvgIpc) is 2.78. The molecule has 0 aliphatic heterocycles. The summed E-state index contributed by atoms with van der Waals surface area (Å²) < 4.78 is 12.6. The van der Waals surface area contributed by atoms with Gasteiger partial charge in [0.15, 0.2) is 5.75 Å². The molecule has 1 aliphatic rings. The summed E-state index contributed by atoms with van der Waals surface area (Å²) in [6, 6.07) is 16.0. The minimum atomic E-state index is 0.283. The molecule has 0 spiro atoms. The van der Waals surface area contributed by atoms with Crippen LogP contribution in [0.4, 0.5) is 16.3 Å². The Morgan fingerprint density at radius 3 is 2.43 bits per heavy atom. The summed E-state index contributed by atoms with van der Waals surface area (Å²) >= 11 is 0. The molecule has 1 aromatic heterocycles. The van der Waals surface area contributed by atoms with E-state index in [1.54, 1.807) is 12.1 Å². The SMILES string of the molecule is CN(C)c1nc(NC2CCC(NCc3ccccc3OF)CC2)nc2ccccc12. The highest BCUT2D eigenvalue weighted by molar-refractivity contribution is 5.90. The van der Waals surface area contributed by atoms with Gasteiger partial charge in [-0.05, 0) is 43.9 Å². The van der Waals surface area contributed by atoms with Crippen molar-refractivity contribution in [2.75, 3.05) is 24.3 Å². The van der Waals surface area contributed by atoms with Gasteiger partial charge in [-0.3, -0.25) is 4.94 Å². The van der Waals surface area contributed by atoms with Crippen LogP contribution in [0, 0.1) is 0 Å². The number of nitrogens with zero attached hydrogens (tertiary/aromatic N) is 3. The van der Waals surface area contributed by atoms with Gasteiger partial charge in [-0.15, -0.1) is 0 Å². The van der Waals surface area contributed by atoms with E-state index >= 15 is 0 Å². The Morgan fingerprint density at radius 1 is 0.967 bits per heavy atom. The van der Waals surface area contributed by atoms with Crippen LogP contribution in [0.3, 0.4) is 0 Å². The first-order valence-corrected chi connectivity index (χ1v) is 10.4. The van der Waals surface area contributed by atoms with Crippen LogP contribution < -0.4 is 20.5 Å². The van der Waals surface area contributed by atoms with Crippen LogP contribution in [0.2, 0.25) is 0 Å². The number of nitrogens with one attached hydrogen (secondary N) is 2. The van der Waals surface area contributed by atoms with Gasteiger partial charge in [-0.25, -0.2) is 4.98 Å². The summed E-state index contributed by atoms with van der Waals surface area (Å²) in [5.41, 5.74) is 1.78. The first-order valence-electron chi connectivity index (χ1n) is 10.4. The maximum Gasteiger partial charge on any atom is 0.225 e. The fourth-order valence-corrected chi connectivity index (χ4v) is 4.07. The number of rotatable bonds is 7. The highest BCUT2D eigenvalue weighted by Crippen LogP contribution is 2.27.